The van der Waals surface area contributed by atoms with E-state index in [4.69, 9.17) is 5.73 Å². The molecule has 2 atom stereocenters. The van der Waals surface area contributed by atoms with Gasteiger partial charge in [0.2, 0.25) is 5.91 Å². The Hall–Kier alpha value is -1.35. The van der Waals surface area contributed by atoms with Crippen molar-refractivity contribution < 1.29 is 4.79 Å². The number of nitrogens with zero attached hydrogens (tertiary/aromatic N) is 1. The Bertz CT molecular complexity index is 468. The van der Waals surface area contributed by atoms with Gasteiger partial charge in [-0.15, -0.1) is 0 Å². The lowest BCUT2D eigenvalue weighted by Gasteiger charge is -2.25. The van der Waals surface area contributed by atoms with Crippen molar-refractivity contribution in [3.63, 3.8) is 0 Å². The molecule has 0 aliphatic carbocycles. The number of amides is 1. The Morgan fingerprint density at radius 3 is 2.55 bits per heavy atom. The van der Waals surface area contributed by atoms with Gasteiger partial charge in [0, 0.05) is 13.1 Å². The summed E-state index contributed by atoms with van der Waals surface area (Å²) in [7, 11) is 0. The van der Waals surface area contributed by atoms with Gasteiger partial charge in [0.1, 0.15) is 0 Å². The first-order valence-electron chi connectivity index (χ1n) is 7.57. The quantitative estimate of drug-likeness (QED) is 0.917. The number of hydrogen-bond donors (Lipinski definition) is 1. The summed E-state index contributed by atoms with van der Waals surface area (Å²) >= 11 is 0. The molecule has 2 N–H and O–H groups in total. The lowest BCUT2D eigenvalue weighted by molar-refractivity contribution is -0.131. The Morgan fingerprint density at radius 2 is 2.05 bits per heavy atom. The maximum absolute atomic E-state index is 12.6. The van der Waals surface area contributed by atoms with Crippen LogP contribution in [0.25, 0.3) is 0 Å². The summed E-state index contributed by atoms with van der Waals surface area (Å²) in [6, 6.07) is 8.40. The number of carbonyl (C=O) groups is 1. The Kier molecular flexibility index (Phi) is 4.48. The fourth-order valence-electron chi connectivity index (χ4n) is 2.84. The lowest BCUT2D eigenvalue weighted by Crippen LogP contribution is -2.36. The molecule has 3 heteroatoms. The number of likely N-dealkylation sites (tertiary alicyclic amines) is 1. The molecule has 2 unspecified atom stereocenters. The van der Waals surface area contributed by atoms with Gasteiger partial charge in [-0.1, -0.05) is 38.1 Å². The minimum Gasteiger partial charge on any atom is -0.342 e. The van der Waals surface area contributed by atoms with E-state index in [-0.39, 0.29) is 17.2 Å². The zero-order chi connectivity index (χ0) is 14.8. The molecule has 2 rings (SSSR count). The van der Waals surface area contributed by atoms with Crippen molar-refractivity contribution in [1.82, 2.24) is 4.90 Å². The fraction of sp³-hybridized carbons (Fsp3) is 0.588. The predicted octanol–water partition coefficient (Wildman–Crippen LogP) is 2.55. The van der Waals surface area contributed by atoms with Gasteiger partial charge >= 0.3 is 0 Å². The summed E-state index contributed by atoms with van der Waals surface area (Å²) in [4.78, 5) is 14.6. The van der Waals surface area contributed by atoms with Crippen molar-refractivity contribution in [3.8, 4) is 0 Å². The molecule has 1 saturated heterocycles. The van der Waals surface area contributed by atoms with E-state index in [9.17, 15) is 4.79 Å². The molecular formula is C17H26N2O. The molecule has 1 amide bonds. The Morgan fingerprint density at radius 1 is 1.40 bits per heavy atom. The zero-order valence-corrected chi connectivity index (χ0v) is 12.9. The average molecular weight is 274 g/mol. The Labute approximate surface area is 122 Å². The summed E-state index contributed by atoms with van der Waals surface area (Å²) in [6.07, 6.45) is 2.04. The molecule has 0 saturated carbocycles. The van der Waals surface area contributed by atoms with E-state index in [1.165, 1.54) is 5.56 Å². The van der Waals surface area contributed by atoms with Gasteiger partial charge in [-0.05, 0) is 42.9 Å². The molecule has 1 aliphatic heterocycles. The van der Waals surface area contributed by atoms with Crippen molar-refractivity contribution >= 4 is 5.91 Å². The van der Waals surface area contributed by atoms with Gasteiger partial charge in [0.25, 0.3) is 0 Å². The molecule has 0 bridgehead atoms. The highest BCUT2D eigenvalue weighted by Crippen LogP contribution is 2.31. The van der Waals surface area contributed by atoms with E-state index >= 15 is 0 Å². The maximum Gasteiger partial charge on any atom is 0.229 e. The smallest absolute Gasteiger partial charge is 0.229 e. The van der Waals surface area contributed by atoms with Crippen LogP contribution >= 0.6 is 0 Å². The van der Waals surface area contributed by atoms with Crippen LogP contribution in [0.1, 0.15) is 44.2 Å². The fourth-order valence-corrected chi connectivity index (χ4v) is 2.84. The standard InChI is InChI=1S/C17H26N2O/c1-4-14-5-7-15(8-6-14)13(2)16(20)19-10-9-17(3,11-18)12-19/h5-8,13H,4,9-12,18H2,1-3H3. The predicted molar refractivity (Wildman–Crippen MR) is 82.6 cm³/mol. The normalized spacial score (nSPS) is 23.9. The number of benzene rings is 1. The molecule has 1 aromatic carbocycles. The van der Waals surface area contributed by atoms with Gasteiger partial charge in [-0.2, -0.15) is 0 Å². The van der Waals surface area contributed by atoms with Gasteiger partial charge in [-0.3, -0.25) is 4.79 Å². The maximum atomic E-state index is 12.6. The zero-order valence-electron chi connectivity index (χ0n) is 12.9. The van der Waals surface area contributed by atoms with Crippen LogP contribution in [-0.2, 0) is 11.2 Å². The number of carbonyl (C=O) groups excluding carboxylic acids is 1. The van der Waals surface area contributed by atoms with Crippen molar-refractivity contribution in [1.29, 1.82) is 0 Å². The first kappa shape index (κ1) is 15.0. The van der Waals surface area contributed by atoms with Crippen LogP contribution in [-0.4, -0.2) is 30.4 Å². The van der Waals surface area contributed by atoms with Crippen LogP contribution < -0.4 is 5.73 Å². The van der Waals surface area contributed by atoms with Crippen LogP contribution in [0.5, 0.6) is 0 Å². The molecule has 0 spiro atoms. The van der Waals surface area contributed by atoms with Crippen molar-refractivity contribution in [3.05, 3.63) is 35.4 Å². The summed E-state index contributed by atoms with van der Waals surface area (Å²) in [5.41, 5.74) is 8.33. The molecule has 1 fully saturated rings. The summed E-state index contributed by atoms with van der Waals surface area (Å²) < 4.78 is 0. The minimum atomic E-state index is -0.0685. The van der Waals surface area contributed by atoms with E-state index in [0.29, 0.717) is 6.54 Å². The minimum absolute atomic E-state index is 0.0685. The third kappa shape index (κ3) is 3.04. The molecule has 20 heavy (non-hydrogen) atoms. The number of aryl methyl sites for hydroxylation is 1. The second-order valence-corrected chi connectivity index (χ2v) is 6.34. The van der Waals surface area contributed by atoms with Crippen LogP contribution in [0.3, 0.4) is 0 Å². The number of nitrogens with two attached hydrogens (primary N) is 1. The van der Waals surface area contributed by atoms with Crippen molar-refractivity contribution in [2.75, 3.05) is 19.6 Å². The van der Waals surface area contributed by atoms with Crippen molar-refractivity contribution in [2.45, 2.75) is 39.5 Å². The molecule has 110 valence electrons. The summed E-state index contributed by atoms with van der Waals surface area (Å²) in [5, 5.41) is 0. The summed E-state index contributed by atoms with van der Waals surface area (Å²) in [5.74, 6) is 0.160. The first-order chi connectivity index (χ1) is 9.49. The SMILES string of the molecule is CCc1ccc(C(C)C(=O)N2CCC(C)(CN)C2)cc1. The van der Waals surface area contributed by atoms with E-state index in [0.717, 1.165) is 31.5 Å². The second kappa shape index (κ2) is 5.96. The van der Waals surface area contributed by atoms with Crippen LogP contribution in [0.4, 0.5) is 0 Å². The second-order valence-electron chi connectivity index (χ2n) is 6.34. The van der Waals surface area contributed by atoms with Gasteiger partial charge < -0.3 is 10.6 Å². The summed E-state index contributed by atoms with van der Waals surface area (Å²) in [6.45, 7) is 8.59. The highest BCUT2D eigenvalue weighted by Gasteiger charge is 2.36. The molecule has 0 aromatic heterocycles. The van der Waals surface area contributed by atoms with Crippen LogP contribution in [0.15, 0.2) is 24.3 Å². The van der Waals surface area contributed by atoms with Crippen LogP contribution in [0, 0.1) is 5.41 Å². The van der Waals surface area contributed by atoms with Crippen LogP contribution in [0.2, 0.25) is 0 Å². The Balaban J connectivity index is 2.05. The third-order valence-corrected chi connectivity index (χ3v) is 4.62. The highest BCUT2D eigenvalue weighted by molar-refractivity contribution is 5.83. The van der Waals surface area contributed by atoms with Gasteiger partial charge in [-0.25, -0.2) is 0 Å². The molecular weight excluding hydrogens is 248 g/mol. The van der Waals surface area contributed by atoms with Crippen molar-refractivity contribution in [2.24, 2.45) is 11.1 Å². The highest BCUT2D eigenvalue weighted by atomic mass is 16.2. The lowest BCUT2D eigenvalue weighted by atomic mass is 9.90. The number of rotatable bonds is 4. The molecule has 1 heterocycles. The van der Waals surface area contributed by atoms with E-state index in [1.807, 2.05) is 11.8 Å². The monoisotopic (exact) mass is 274 g/mol. The van der Waals surface area contributed by atoms with E-state index in [2.05, 4.69) is 38.1 Å². The van der Waals surface area contributed by atoms with Gasteiger partial charge in [0.15, 0.2) is 0 Å². The van der Waals surface area contributed by atoms with E-state index < -0.39 is 0 Å². The van der Waals surface area contributed by atoms with Gasteiger partial charge in [0.05, 0.1) is 5.92 Å². The first-order valence-corrected chi connectivity index (χ1v) is 7.57. The van der Waals surface area contributed by atoms with E-state index in [1.54, 1.807) is 0 Å². The molecule has 1 aliphatic rings. The average Bonchev–Trinajstić information content (AvgIpc) is 2.89. The number of hydrogen-bond acceptors (Lipinski definition) is 2. The molecule has 0 radical (unpaired) electrons. The molecule has 3 nitrogen and oxygen atoms in total. The molecule has 1 aromatic rings. The topological polar surface area (TPSA) is 46.3 Å². The third-order valence-electron chi connectivity index (χ3n) is 4.62. The largest absolute Gasteiger partial charge is 0.342 e.